The van der Waals surface area contributed by atoms with E-state index in [2.05, 4.69) is 15.1 Å². The van der Waals surface area contributed by atoms with E-state index in [-0.39, 0.29) is 24.4 Å². The Bertz CT molecular complexity index is 1540. The Balaban J connectivity index is 1.25. The van der Waals surface area contributed by atoms with E-state index in [1.165, 1.54) is 0 Å². The van der Waals surface area contributed by atoms with Gasteiger partial charge in [0.1, 0.15) is 18.0 Å². The molecule has 1 fully saturated rings. The Morgan fingerprint density at radius 3 is 2.23 bits per heavy atom. The fraction of sp³-hybridized carbons (Fsp3) is 0.273. The average Bonchev–Trinajstić information content (AvgIpc) is 3.07. The first-order chi connectivity index (χ1) is 20.9. The van der Waals surface area contributed by atoms with Gasteiger partial charge in [-0.15, -0.1) is 10.2 Å². The summed E-state index contributed by atoms with van der Waals surface area (Å²) in [5.74, 6) is 1.77. The van der Waals surface area contributed by atoms with Crippen LogP contribution in [0.5, 0.6) is 11.5 Å². The van der Waals surface area contributed by atoms with Gasteiger partial charge in [-0.25, -0.2) is 0 Å². The number of rotatable bonds is 9. The predicted molar refractivity (Wildman–Crippen MR) is 167 cm³/mol. The summed E-state index contributed by atoms with van der Waals surface area (Å²) in [6.45, 7) is 4.14. The van der Waals surface area contributed by atoms with Gasteiger partial charge in [-0.1, -0.05) is 41.9 Å². The second-order valence-electron chi connectivity index (χ2n) is 10.2. The molecule has 2 amide bonds. The highest BCUT2D eigenvalue weighted by Gasteiger charge is 2.29. The summed E-state index contributed by atoms with van der Waals surface area (Å²) in [5, 5.41) is 9.45. The number of benzene rings is 3. The lowest BCUT2D eigenvalue weighted by atomic mass is 10.1. The van der Waals surface area contributed by atoms with Crippen LogP contribution in [0, 0.1) is 0 Å². The van der Waals surface area contributed by atoms with Crippen molar-refractivity contribution >= 4 is 29.2 Å². The molecule has 0 spiro atoms. The number of hydrogen-bond acceptors (Lipinski definition) is 7. The zero-order chi connectivity index (χ0) is 30.3. The van der Waals surface area contributed by atoms with E-state index < -0.39 is 0 Å². The van der Waals surface area contributed by atoms with Crippen LogP contribution >= 0.6 is 11.6 Å². The van der Waals surface area contributed by atoms with Crippen molar-refractivity contribution in [3.63, 3.8) is 0 Å². The minimum absolute atomic E-state index is 0.0320. The minimum atomic E-state index is -0.298. The van der Waals surface area contributed by atoms with Gasteiger partial charge in [-0.05, 0) is 61.0 Å². The van der Waals surface area contributed by atoms with Crippen LogP contribution in [0.3, 0.4) is 0 Å². The summed E-state index contributed by atoms with van der Waals surface area (Å²) >= 11 is 6.05. The first kappa shape index (κ1) is 29.8. The molecule has 10 heteroatoms. The molecular formula is C33H34ClN5O4. The number of halogens is 1. The van der Waals surface area contributed by atoms with E-state index in [9.17, 15) is 9.59 Å². The molecule has 0 bridgehead atoms. The third-order valence-electron chi connectivity index (χ3n) is 7.70. The van der Waals surface area contributed by atoms with E-state index in [0.717, 1.165) is 16.9 Å². The third kappa shape index (κ3) is 6.89. The number of methoxy groups -OCH3 is 2. The van der Waals surface area contributed by atoms with E-state index in [4.69, 9.17) is 21.1 Å². The van der Waals surface area contributed by atoms with Crippen LogP contribution < -0.4 is 14.4 Å². The molecule has 222 valence electrons. The van der Waals surface area contributed by atoms with Crippen molar-refractivity contribution in [3.8, 4) is 22.8 Å². The first-order valence-corrected chi connectivity index (χ1v) is 14.5. The van der Waals surface area contributed by atoms with Crippen molar-refractivity contribution in [2.45, 2.75) is 13.0 Å². The monoisotopic (exact) mass is 599 g/mol. The van der Waals surface area contributed by atoms with Crippen molar-refractivity contribution in [2.24, 2.45) is 0 Å². The van der Waals surface area contributed by atoms with E-state index in [1.54, 1.807) is 48.3 Å². The van der Waals surface area contributed by atoms with Crippen LogP contribution in [0.25, 0.3) is 11.3 Å². The molecule has 1 aromatic heterocycles. The Labute approximate surface area is 256 Å². The maximum absolute atomic E-state index is 13.6. The Morgan fingerprint density at radius 2 is 1.60 bits per heavy atom. The summed E-state index contributed by atoms with van der Waals surface area (Å²) < 4.78 is 10.8. The molecule has 3 aromatic carbocycles. The zero-order valence-electron chi connectivity index (χ0n) is 24.4. The molecule has 0 saturated carbocycles. The van der Waals surface area contributed by atoms with Crippen LogP contribution in [0.4, 0.5) is 5.82 Å². The lowest BCUT2D eigenvalue weighted by Crippen LogP contribution is -2.52. The molecule has 43 heavy (non-hydrogen) atoms. The Kier molecular flexibility index (Phi) is 9.41. The van der Waals surface area contributed by atoms with Crippen molar-refractivity contribution in [3.05, 3.63) is 101 Å². The second kappa shape index (κ2) is 13.6. The smallest absolute Gasteiger partial charge is 0.254 e. The molecule has 1 unspecified atom stereocenters. The van der Waals surface area contributed by atoms with Gasteiger partial charge in [0.15, 0.2) is 5.82 Å². The normalized spacial score (nSPS) is 13.8. The number of piperazine rings is 1. The van der Waals surface area contributed by atoms with Crippen molar-refractivity contribution in [1.82, 2.24) is 20.0 Å². The number of anilines is 1. The van der Waals surface area contributed by atoms with Crippen LogP contribution in [-0.4, -0.2) is 78.8 Å². The molecule has 0 radical (unpaired) electrons. The van der Waals surface area contributed by atoms with Gasteiger partial charge in [0.2, 0.25) is 5.91 Å². The molecule has 5 rings (SSSR count). The molecular weight excluding hydrogens is 566 g/mol. The molecule has 0 N–H and O–H groups in total. The quantitative estimate of drug-likeness (QED) is 0.256. The topological polar surface area (TPSA) is 88.1 Å². The van der Waals surface area contributed by atoms with Crippen molar-refractivity contribution in [1.29, 1.82) is 0 Å². The zero-order valence-corrected chi connectivity index (χ0v) is 25.2. The van der Waals surface area contributed by atoms with E-state index in [0.29, 0.717) is 54.0 Å². The number of aromatic nitrogens is 2. The summed E-state index contributed by atoms with van der Waals surface area (Å²) in [5.41, 5.74) is 2.95. The molecule has 1 aliphatic rings. The van der Waals surface area contributed by atoms with Gasteiger partial charge in [-0.3, -0.25) is 9.59 Å². The van der Waals surface area contributed by atoms with Gasteiger partial charge in [0.05, 0.1) is 26.0 Å². The first-order valence-electron chi connectivity index (χ1n) is 14.1. The van der Waals surface area contributed by atoms with Gasteiger partial charge >= 0.3 is 0 Å². The highest BCUT2D eigenvalue weighted by molar-refractivity contribution is 6.30. The number of nitrogens with zero attached hydrogens (tertiary/aromatic N) is 5. The maximum Gasteiger partial charge on any atom is 0.254 e. The van der Waals surface area contributed by atoms with Crippen LogP contribution in [0.2, 0.25) is 5.02 Å². The number of ether oxygens (including phenoxy) is 2. The highest BCUT2D eigenvalue weighted by atomic mass is 35.5. The lowest BCUT2D eigenvalue weighted by molar-refractivity contribution is -0.132. The summed E-state index contributed by atoms with van der Waals surface area (Å²) in [6, 6.07) is 25.6. The van der Waals surface area contributed by atoms with Crippen LogP contribution in [0.15, 0.2) is 84.9 Å². The fourth-order valence-electron chi connectivity index (χ4n) is 5.13. The standard InChI is InChI=1S/C33H34ClN5O4/c1-23(24-7-5-4-6-8-24)39(33(41)25-9-11-26(34)12-10-25)22-32(40)38-19-17-37(18-20-38)31-16-15-29(35-36-31)28-14-13-27(42-2)21-30(28)43-3/h4-16,21,23H,17-20,22H2,1-3H3. The van der Waals surface area contributed by atoms with E-state index >= 15 is 0 Å². The minimum Gasteiger partial charge on any atom is -0.497 e. The fourth-order valence-corrected chi connectivity index (χ4v) is 5.26. The maximum atomic E-state index is 13.6. The lowest BCUT2D eigenvalue weighted by Gasteiger charge is -2.37. The summed E-state index contributed by atoms with van der Waals surface area (Å²) in [4.78, 5) is 32.7. The number of amides is 2. The Hall–Kier alpha value is -4.63. The number of hydrogen-bond donors (Lipinski definition) is 0. The van der Waals surface area contributed by atoms with Gasteiger partial charge in [0, 0.05) is 48.4 Å². The highest BCUT2D eigenvalue weighted by Crippen LogP contribution is 2.32. The molecule has 0 aliphatic carbocycles. The SMILES string of the molecule is COc1ccc(-c2ccc(N3CCN(C(=O)CN(C(=O)c4ccc(Cl)cc4)C(C)c4ccccc4)CC3)nn2)c(OC)c1. The third-order valence-corrected chi connectivity index (χ3v) is 7.95. The largest absolute Gasteiger partial charge is 0.497 e. The van der Waals surface area contributed by atoms with Crippen molar-refractivity contribution < 1.29 is 19.1 Å². The van der Waals surface area contributed by atoms with Crippen LogP contribution in [0.1, 0.15) is 28.9 Å². The molecule has 9 nitrogen and oxygen atoms in total. The summed E-state index contributed by atoms with van der Waals surface area (Å²) in [6.07, 6.45) is 0. The van der Waals surface area contributed by atoms with E-state index in [1.807, 2.05) is 67.6 Å². The molecule has 1 saturated heterocycles. The second-order valence-corrected chi connectivity index (χ2v) is 10.7. The number of carbonyl (C=O) groups is 2. The molecule has 1 aliphatic heterocycles. The van der Waals surface area contributed by atoms with Gasteiger partial charge in [0.25, 0.3) is 5.91 Å². The average molecular weight is 600 g/mol. The van der Waals surface area contributed by atoms with Crippen LogP contribution in [-0.2, 0) is 4.79 Å². The molecule has 1 atom stereocenters. The molecule has 4 aromatic rings. The van der Waals surface area contributed by atoms with Gasteiger partial charge < -0.3 is 24.2 Å². The van der Waals surface area contributed by atoms with Gasteiger partial charge in [-0.2, -0.15) is 0 Å². The summed E-state index contributed by atoms with van der Waals surface area (Å²) in [7, 11) is 3.22. The van der Waals surface area contributed by atoms with Crippen molar-refractivity contribution in [2.75, 3.05) is 51.8 Å². The molecule has 2 heterocycles. The number of carbonyl (C=O) groups excluding carboxylic acids is 2. The predicted octanol–water partition coefficient (Wildman–Crippen LogP) is 5.37. The Morgan fingerprint density at radius 1 is 0.884 bits per heavy atom.